The van der Waals surface area contributed by atoms with Crippen LogP contribution in [0, 0.1) is 0 Å². The highest BCUT2D eigenvalue weighted by Gasteiger charge is 2.27. The van der Waals surface area contributed by atoms with E-state index in [1.807, 2.05) is 24.3 Å². The Morgan fingerprint density at radius 2 is 1.88 bits per heavy atom. The first-order valence-corrected chi connectivity index (χ1v) is 5.98. The van der Waals surface area contributed by atoms with E-state index >= 15 is 0 Å². The van der Waals surface area contributed by atoms with Crippen molar-refractivity contribution in [3.8, 4) is 0 Å². The Morgan fingerprint density at radius 3 is 2.59 bits per heavy atom. The standard InChI is InChI=1S/C14H15N3/c15-13-9-12(8-10-4-2-1-3-5-10)16-14(17-13)11-6-7-11/h1-5,9,11H,6-8H2,(H2,15,16,17). The monoisotopic (exact) mass is 225 g/mol. The second-order valence-corrected chi connectivity index (χ2v) is 4.58. The molecule has 2 N–H and O–H groups in total. The van der Waals surface area contributed by atoms with Gasteiger partial charge in [-0.1, -0.05) is 30.3 Å². The van der Waals surface area contributed by atoms with Crippen molar-refractivity contribution in [1.29, 1.82) is 0 Å². The quantitative estimate of drug-likeness (QED) is 0.873. The number of aromatic nitrogens is 2. The molecule has 17 heavy (non-hydrogen) atoms. The van der Waals surface area contributed by atoms with Crippen LogP contribution >= 0.6 is 0 Å². The highest BCUT2D eigenvalue weighted by Crippen LogP contribution is 2.38. The first-order chi connectivity index (χ1) is 8.31. The predicted molar refractivity (Wildman–Crippen MR) is 67.7 cm³/mol. The van der Waals surface area contributed by atoms with Gasteiger partial charge in [-0.25, -0.2) is 9.97 Å². The third kappa shape index (κ3) is 2.44. The van der Waals surface area contributed by atoms with Crippen molar-refractivity contribution in [3.63, 3.8) is 0 Å². The molecule has 0 saturated heterocycles. The van der Waals surface area contributed by atoms with Gasteiger partial charge in [0.2, 0.25) is 0 Å². The highest BCUT2D eigenvalue weighted by molar-refractivity contribution is 5.33. The van der Waals surface area contributed by atoms with Gasteiger partial charge in [0.25, 0.3) is 0 Å². The van der Waals surface area contributed by atoms with Crippen LogP contribution in [0.25, 0.3) is 0 Å². The second kappa shape index (κ2) is 4.17. The first-order valence-electron chi connectivity index (χ1n) is 5.98. The number of nitrogens with zero attached hydrogens (tertiary/aromatic N) is 2. The molecule has 0 bridgehead atoms. The second-order valence-electron chi connectivity index (χ2n) is 4.58. The Morgan fingerprint density at radius 1 is 1.12 bits per heavy atom. The first kappa shape index (κ1) is 10.3. The molecule has 0 spiro atoms. The van der Waals surface area contributed by atoms with Crippen molar-refractivity contribution in [2.24, 2.45) is 0 Å². The van der Waals surface area contributed by atoms with Crippen molar-refractivity contribution >= 4 is 5.82 Å². The van der Waals surface area contributed by atoms with Gasteiger partial charge in [-0.15, -0.1) is 0 Å². The van der Waals surface area contributed by atoms with Crippen molar-refractivity contribution in [2.75, 3.05) is 5.73 Å². The maximum absolute atomic E-state index is 5.83. The number of nitrogens with two attached hydrogens (primary N) is 1. The Kier molecular flexibility index (Phi) is 2.52. The van der Waals surface area contributed by atoms with E-state index in [0.29, 0.717) is 11.7 Å². The zero-order valence-corrected chi connectivity index (χ0v) is 9.63. The summed E-state index contributed by atoms with van der Waals surface area (Å²) in [6, 6.07) is 12.2. The third-order valence-electron chi connectivity index (χ3n) is 2.99. The topological polar surface area (TPSA) is 51.8 Å². The van der Waals surface area contributed by atoms with Crippen LogP contribution in [0.15, 0.2) is 36.4 Å². The van der Waals surface area contributed by atoms with Crippen LogP contribution in [0.3, 0.4) is 0 Å². The normalized spacial score (nSPS) is 14.8. The molecule has 0 amide bonds. The molecule has 1 aliphatic rings. The molecule has 1 saturated carbocycles. The summed E-state index contributed by atoms with van der Waals surface area (Å²) in [5.74, 6) is 2.07. The van der Waals surface area contributed by atoms with E-state index in [1.54, 1.807) is 0 Å². The van der Waals surface area contributed by atoms with Crippen LogP contribution in [-0.4, -0.2) is 9.97 Å². The fourth-order valence-electron chi connectivity index (χ4n) is 1.96. The lowest BCUT2D eigenvalue weighted by atomic mass is 10.1. The minimum absolute atomic E-state index is 0.549. The van der Waals surface area contributed by atoms with Crippen LogP contribution < -0.4 is 5.73 Å². The number of anilines is 1. The van der Waals surface area contributed by atoms with Crippen LogP contribution in [0.4, 0.5) is 5.82 Å². The SMILES string of the molecule is Nc1cc(Cc2ccccc2)nc(C2CC2)n1. The molecule has 3 nitrogen and oxygen atoms in total. The predicted octanol–water partition coefficient (Wildman–Crippen LogP) is 2.53. The van der Waals surface area contributed by atoms with Gasteiger partial charge in [-0.2, -0.15) is 0 Å². The van der Waals surface area contributed by atoms with Gasteiger partial charge in [-0.05, 0) is 18.4 Å². The van der Waals surface area contributed by atoms with Gasteiger partial charge >= 0.3 is 0 Å². The molecule has 0 aliphatic heterocycles. The molecule has 86 valence electrons. The van der Waals surface area contributed by atoms with E-state index in [1.165, 1.54) is 18.4 Å². The van der Waals surface area contributed by atoms with Crippen molar-refractivity contribution in [2.45, 2.75) is 25.2 Å². The van der Waals surface area contributed by atoms with E-state index in [-0.39, 0.29) is 0 Å². The Hall–Kier alpha value is -1.90. The summed E-state index contributed by atoms with van der Waals surface area (Å²) < 4.78 is 0. The summed E-state index contributed by atoms with van der Waals surface area (Å²) in [4.78, 5) is 8.90. The summed E-state index contributed by atoms with van der Waals surface area (Å²) in [5, 5.41) is 0. The summed E-state index contributed by atoms with van der Waals surface area (Å²) in [6.07, 6.45) is 3.23. The minimum Gasteiger partial charge on any atom is -0.384 e. The zero-order chi connectivity index (χ0) is 11.7. The Labute approximate surface area is 101 Å². The van der Waals surface area contributed by atoms with Gasteiger partial charge in [0.05, 0.1) is 5.69 Å². The summed E-state index contributed by atoms with van der Waals surface area (Å²) >= 11 is 0. The molecular weight excluding hydrogens is 210 g/mol. The van der Waals surface area contributed by atoms with Crippen LogP contribution in [0.1, 0.15) is 35.8 Å². The van der Waals surface area contributed by atoms with E-state index in [9.17, 15) is 0 Å². The maximum Gasteiger partial charge on any atom is 0.134 e. The molecule has 1 aromatic heterocycles. The molecule has 0 atom stereocenters. The fourth-order valence-corrected chi connectivity index (χ4v) is 1.96. The van der Waals surface area contributed by atoms with Gasteiger partial charge in [-0.3, -0.25) is 0 Å². The lowest BCUT2D eigenvalue weighted by Crippen LogP contribution is -2.03. The average Bonchev–Trinajstić information content (AvgIpc) is 3.13. The van der Waals surface area contributed by atoms with Gasteiger partial charge < -0.3 is 5.73 Å². The number of rotatable bonds is 3. The minimum atomic E-state index is 0.549. The smallest absolute Gasteiger partial charge is 0.134 e. The highest BCUT2D eigenvalue weighted by atomic mass is 15.0. The zero-order valence-electron chi connectivity index (χ0n) is 9.63. The lowest BCUT2D eigenvalue weighted by molar-refractivity contribution is 0.892. The van der Waals surface area contributed by atoms with Crippen LogP contribution in [0.2, 0.25) is 0 Å². The van der Waals surface area contributed by atoms with Crippen molar-refractivity contribution in [1.82, 2.24) is 9.97 Å². The van der Waals surface area contributed by atoms with Crippen molar-refractivity contribution < 1.29 is 0 Å². The van der Waals surface area contributed by atoms with Gasteiger partial charge in [0.15, 0.2) is 0 Å². The van der Waals surface area contributed by atoms with E-state index in [0.717, 1.165) is 17.9 Å². The molecular formula is C14H15N3. The molecule has 3 heteroatoms. The van der Waals surface area contributed by atoms with Gasteiger partial charge in [0.1, 0.15) is 11.6 Å². The molecule has 1 fully saturated rings. The molecule has 0 unspecified atom stereocenters. The number of hydrogen-bond donors (Lipinski definition) is 1. The molecule has 3 rings (SSSR count). The van der Waals surface area contributed by atoms with E-state index in [2.05, 4.69) is 22.1 Å². The molecule has 1 aliphatic carbocycles. The molecule has 2 aromatic rings. The Balaban J connectivity index is 1.87. The summed E-state index contributed by atoms with van der Waals surface area (Å²) in [6.45, 7) is 0. The number of nitrogen functional groups attached to an aromatic ring is 1. The van der Waals surface area contributed by atoms with Gasteiger partial charge in [0, 0.05) is 18.4 Å². The summed E-state index contributed by atoms with van der Waals surface area (Å²) in [7, 11) is 0. The van der Waals surface area contributed by atoms with E-state index in [4.69, 9.17) is 5.73 Å². The Bertz CT molecular complexity index is 518. The lowest BCUT2D eigenvalue weighted by Gasteiger charge is -2.05. The van der Waals surface area contributed by atoms with E-state index < -0.39 is 0 Å². The maximum atomic E-state index is 5.83. The molecule has 1 aromatic carbocycles. The van der Waals surface area contributed by atoms with Crippen LogP contribution in [-0.2, 0) is 6.42 Å². The molecule has 1 heterocycles. The average molecular weight is 225 g/mol. The van der Waals surface area contributed by atoms with Crippen molar-refractivity contribution in [3.05, 3.63) is 53.5 Å². The number of hydrogen-bond acceptors (Lipinski definition) is 3. The van der Waals surface area contributed by atoms with Crippen LogP contribution in [0.5, 0.6) is 0 Å². The number of benzene rings is 1. The third-order valence-corrected chi connectivity index (χ3v) is 2.99. The fraction of sp³-hybridized carbons (Fsp3) is 0.286. The molecule has 0 radical (unpaired) electrons. The summed E-state index contributed by atoms with van der Waals surface area (Å²) in [5.41, 5.74) is 8.10. The largest absolute Gasteiger partial charge is 0.384 e.